The summed E-state index contributed by atoms with van der Waals surface area (Å²) in [6.07, 6.45) is 1.58. The van der Waals surface area contributed by atoms with Crippen molar-refractivity contribution in [2.24, 2.45) is 0 Å². The van der Waals surface area contributed by atoms with Crippen molar-refractivity contribution >= 4 is 23.5 Å². The number of carbonyl (C=O) groups is 2. The Bertz CT molecular complexity index is 562. The van der Waals surface area contributed by atoms with Crippen LogP contribution >= 0.6 is 11.6 Å². The minimum atomic E-state index is -1.06. The van der Waals surface area contributed by atoms with Crippen LogP contribution in [0.15, 0.2) is 18.2 Å². The molecule has 2 rings (SSSR count). The maximum absolute atomic E-state index is 12.9. The molecule has 7 heteroatoms. The molecule has 5 nitrogen and oxygen atoms in total. The zero-order chi connectivity index (χ0) is 15.6. The molecule has 0 radical (unpaired) electrons. The van der Waals surface area contributed by atoms with Gasteiger partial charge in [-0.05, 0) is 38.0 Å². The molecule has 1 saturated carbocycles. The van der Waals surface area contributed by atoms with Gasteiger partial charge in [0.2, 0.25) is 0 Å². The van der Waals surface area contributed by atoms with Gasteiger partial charge in [0, 0.05) is 6.04 Å². The summed E-state index contributed by atoms with van der Waals surface area (Å²) in [4.78, 5) is 24.5. The molecule has 0 saturated heterocycles. The standard InChI is InChI=1S/C14H15ClFNO4/c1-8(14(19)20)17(10-3-4-10)13(18)7-21-12-5-2-9(16)6-11(12)15/h2,5-6,8,10H,3-4,7H2,1H3,(H,19,20). The number of rotatable bonds is 6. The predicted molar refractivity (Wildman–Crippen MR) is 73.9 cm³/mol. The molecular weight excluding hydrogens is 301 g/mol. The Balaban J connectivity index is 2.00. The molecule has 21 heavy (non-hydrogen) atoms. The minimum Gasteiger partial charge on any atom is -0.482 e. The van der Waals surface area contributed by atoms with Gasteiger partial charge in [-0.1, -0.05) is 11.6 Å². The molecule has 1 unspecified atom stereocenters. The molecular formula is C14H15ClFNO4. The van der Waals surface area contributed by atoms with Crippen LogP contribution in [0.3, 0.4) is 0 Å². The van der Waals surface area contributed by atoms with Gasteiger partial charge in [0.05, 0.1) is 5.02 Å². The van der Waals surface area contributed by atoms with Gasteiger partial charge in [0.1, 0.15) is 17.6 Å². The largest absolute Gasteiger partial charge is 0.482 e. The van der Waals surface area contributed by atoms with Gasteiger partial charge in [0.25, 0.3) is 5.91 Å². The molecule has 1 N–H and O–H groups in total. The summed E-state index contributed by atoms with van der Waals surface area (Å²) in [6.45, 7) is 1.13. The van der Waals surface area contributed by atoms with E-state index in [1.165, 1.54) is 24.0 Å². The third-order valence-corrected chi connectivity index (χ3v) is 3.54. The number of nitrogens with zero attached hydrogens (tertiary/aromatic N) is 1. The van der Waals surface area contributed by atoms with Gasteiger partial charge >= 0.3 is 5.97 Å². The number of carbonyl (C=O) groups excluding carboxylic acids is 1. The molecule has 114 valence electrons. The van der Waals surface area contributed by atoms with Gasteiger partial charge in [-0.2, -0.15) is 0 Å². The maximum atomic E-state index is 12.9. The monoisotopic (exact) mass is 315 g/mol. The first-order valence-corrected chi connectivity index (χ1v) is 6.89. The van der Waals surface area contributed by atoms with Crippen molar-refractivity contribution in [2.75, 3.05) is 6.61 Å². The van der Waals surface area contributed by atoms with E-state index >= 15 is 0 Å². The van der Waals surface area contributed by atoms with Crippen molar-refractivity contribution in [2.45, 2.75) is 31.8 Å². The lowest BCUT2D eigenvalue weighted by Gasteiger charge is -2.26. The molecule has 0 aliphatic heterocycles. The van der Waals surface area contributed by atoms with Crippen molar-refractivity contribution < 1.29 is 23.8 Å². The molecule has 0 bridgehead atoms. The lowest BCUT2D eigenvalue weighted by Crippen LogP contribution is -2.46. The Hall–Kier alpha value is -1.82. The van der Waals surface area contributed by atoms with Crippen LogP contribution in [0.1, 0.15) is 19.8 Å². The topological polar surface area (TPSA) is 66.8 Å². The molecule has 0 aromatic heterocycles. The van der Waals surface area contributed by atoms with Crippen LogP contribution in [0.2, 0.25) is 5.02 Å². The highest BCUT2D eigenvalue weighted by molar-refractivity contribution is 6.32. The van der Waals surface area contributed by atoms with E-state index in [9.17, 15) is 14.0 Å². The van der Waals surface area contributed by atoms with Gasteiger partial charge in [-0.25, -0.2) is 9.18 Å². The van der Waals surface area contributed by atoms with Crippen LogP contribution in [0.4, 0.5) is 4.39 Å². The van der Waals surface area contributed by atoms with Crippen molar-refractivity contribution in [3.8, 4) is 5.75 Å². The number of aliphatic carboxylic acids is 1. The molecule has 1 aromatic rings. The van der Waals surface area contributed by atoms with E-state index in [0.717, 1.165) is 18.9 Å². The average molecular weight is 316 g/mol. The number of amides is 1. The summed E-state index contributed by atoms with van der Waals surface area (Å²) in [5, 5.41) is 9.10. The number of ether oxygens (including phenoxy) is 1. The summed E-state index contributed by atoms with van der Waals surface area (Å²) >= 11 is 5.80. The van der Waals surface area contributed by atoms with Crippen LogP contribution in [-0.2, 0) is 9.59 Å². The smallest absolute Gasteiger partial charge is 0.326 e. The highest BCUT2D eigenvalue weighted by Crippen LogP contribution is 2.29. The van der Waals surface area contributed by atoms with Crippen LogP contribution in [-0.4, -0.2) is 40.6 Å². The lowest BCUT2D eigenvalue weighted by atomic mass is 10.2. The van der Waals surface area contributed by atoms with Crippen molar-refractivity contribution in [3.63, 3.8) is 0 Å². The van der Waals surface area contributed by atoms with E-state index in [1.54, 1.807) is 0 Å². The molecule has 1 aliphatic rings. The van der Waals surface area contributed by atoms with Gasteiger partial charge in [-0.15, -0.1) is 0 Å². The zero-order valence-corrected chi connectivity index (χ0v) is 12.1. The van der Waals surface area contributed by atoms with E-state index in [2.05, 4.69) is 0 Å². The van der Waals surface area contributed by atoms with Crippen LogP contribution in [0.25, 0.3) is 0 Å². The average Bonchev–Trinajstić information content (AvgIpc) is 3.22. The Labute approximate surface area is 126 Å². The Morgan fingerprint density at radius 1 is 1.52 bits per heavy atom. The SMILES string of the molecule is CC(C(=O)O)N(C(=O)COc1ccc(F)cc1Cl)C1CC1. The van der Waals surface area contributed by atoms with Crippen molar-refractivity contribution in [3.05, 3.63) is 29.0 Å². The quantitative estimate of drug-likeness (QED) is 0.875. The number of hydrogen-bond acceptors (Lipinski definition) is 3. The van der Waals surface area contributed by atoms with E-state index < -0.39 is 23.7 Å². The second-order valence-electron chi connectivity index (χ2n) is 4.91. The number of benzene rings is 1. The fourth-order valence-electron chi connectivity index (χ4n) is 2.01. The van der Waals surface area contributed by atoms with E-state index in [-0.39, 0.29) is 23.4 Å². The number of hydrogen-bond donors (Lipinski definition) is 1. The van der Waals surface area contributed by atoms with Gasteiger partial charge < -0.3 is 14.7 Å². The molecule has 1 aliphatic carbocycles. The summed E-state index contributed by atoms with van der Waals surface area (Å²) < 4.78 is 18.2. The normalized spacial score (nSPS) is 15.4. The highest BCUT2D eigenvalue weighted by atomic mass is 35.5. The number of halogens is 2. The summed E-state index contributed by atoms with van der Waals surface area (Å²) in [5.74, 6) is -1.80. The third kappa shape index (κ3) is 3.85. The van der Waals surface area contributed by atoms with Crippen LogP contribution in [0.5, 0.6) is 5.75 Å². The minimum absolute atomic E-state index is 0.0455. The van der Waals surface area contributed by atoms with Crippen LogP contribution in [0, 0.1) is 5.82 Å². The summed E-state index contributed by atoms with van der Waals surface area (Å²) in [5.41, 5.74) is 0. The Morgan fingerprint density at radius 2 is 2.19 bits per heavy atom. The van der Waals surface area contributed by atoms with Gasteiger partial charge in [0.15, 0.2) is 6.61 Å². The maximum Gasteiger partial charge on any atom is 0.326 e. The summed E-state index contributed by atoms with van der Waals surface area (Å²) in [6, 6.07) is 2.63. The summed E-state index contributed by atoms with van der Waals surface area (Å²) in [7, 11) is 0. The second-order valence-corrected chi connectivity index (χ2v) is 5.32. The fourth-order valence-corrected chi connectivity index (χ4v) is 2.24. The molecule has 1 amide bonds. The van der Waals surface area contributed by atoms with Crippen LogP contribution < -0.4 is 4.74 Å². The first-order valence-electron chi connectivity index (χ1n) is 6.52. The van der Waals surface area contributed by atoms with Crippen molar-refractivity contribution in [1.29, 1.82) is 0 Å². The Kier molecular flexibility index (Phi) is 4.67. The van der Waals surface area contributed by atoms with E-state index in [4.69, 9.17) is 21.4 Å². The molecule has 1 atom stereocenters. The van der Waals surface area contributed by atoms with E-state index in [0.29, 0.717) is 0 Å². The molecule has 1 fully saturated rings. The third-order valence-electron chi connectivity index (χ3n) is 3.25. The molecule has 1 aromatic carbocycles. The predicted octanol–water partition coefficient (Wildman–Crippen LogP) is 2.32. The first-order chi connectivity index (χ1) is 9.90. The number of carboxylic acid groups (broad SMARTS) is 1. The Morgan fingerprint density at radius 3 is 2.71 bits per heavy atom. The lowest BCUT2D eigenvalue weighted by molar-refractivity contribution is -0.150. The first kappa shape index (κ1) is 15.6. The molecule has 0 heterocycles. The zero-order valence-electron chi connectivity index (χ0n) is 11.4. The molecule has 0 spiro atoms. The van der Waals surface area contributed by atoms with Gasteiger partial charge in [-0.3, -0.25) is 4.79 Å². The second kappa shape index (κ2) is 6.30. The van der Waals surface area contributed by atoms with E-state index in [1.807, 2.05) is 0 Å². The highest BCUT2D eigenvalue weighted by Gasteiger charge is 2.38. The fraction of sp³-hybridized carbons (Fsp3) is 0.429. The number of carboxylic acids is 1. The van der Waals surface area contributed by atoms with Crippen molar-refractivity contribution in [1.82, 2.24) is 4.90 Å².